The first kappa shape index (κ1) is 16.1. The molecule has 0 aliphatic carbocycles. The van der Waals surface area contributed by atoms with Gasteiger partial charge in [0.05, 0.1) is 0 Å². The zero-order chi connectivity index (χ0) is 16.3. The topological polar surface area (TPSA) is 34.0 Å². The Morgan fingerprint density at radius 2 is 1.68 bits per heavy atom. The van der Waals surface area contributed by atoms with E-state index in [1.165, 1.54) is 0 Å². The second-order valence-corrected chi connectivity index (χ2v) is 5.52. The van der Waals surface area contributed by atoms with Gasteiger partial charge in [0, 0.05) is 30.2 Å². The standard InChI is InChI=1S/C16H17F3N2O/c1-10(2)7-14(21-5-3-4-6-21)16(22)20-11-8-12(17)15(19)13(18)9-11/h3-6,8-10,14H,7H2,1-2H3,(H,20,22)/t14-/m0/s1. The van der Waals surface area contributed by atoms with Crippen LogP contribution in [0.3, 0.4) is 0 Å². The number of benzene rings is 1. The lowest BCUT2D eigenvalue weighted by molar-refractivity contribution is -0.119. The van der Waals surface area contributed by atoms with Gasteiger partial charge < -0.3 is 9.88 Å². The van der Waals surface area contributed by atoms with Crippen LogP contribution in [0.4, 0.5) is 18.9 Å². The predicted octanol–water partition coefficient (Wildman–Crippen LogP) is 4.13. The van der Waals surface area contributed by atoms with Crippen molar-refractivity contribution in [2.75, 3.05) is 5.32 Å². The van der Waals surface area contributed by atoms with Crippen molar-refractivity contribution in [3.63, 3.8) is 0 Å². The summed E-state index contributed by atoms with van der Waals surface area (Å²) in [6.07, 6.45) is 4.06. The molecule has 2 aromatic rings. The number of aromatic nitrogens is 1. The molecule has 1 N–H and O–H groups in total. The second-order valence-electron chi connectivity index (χ2n) is 5.52. The zero-order valence-corrected chi connectivity index (χ0v) is 12.3. The van der Waals surface area contributed by atoms with E-state index in [0.717, 1.165) is 12.1 Å². The minimum atomic E-state index is -1.55. The van der Waals surface area contributed by atoms with Crippen LogP contribution in [0.1, 0.15) is 26.3 Å². The summed E-state index contributed by atoms with van der Waals surface area (Å²) in [5.74, 6) is -4.38. The monoisotopic (exact) mass is 310 g/mol. The molecule has 0 spiro atoms. The van der Waals surface area contributed by atoms with Crippen LogP contribution in [0.25, 0.3) is 0 Å². The first-order chi connectivity index (χ1) is 10.4. The molecule has 0 saturated heterocycles. The Kier molecular flexibility index (Phi) is 4.90. The van der Waals surface area contributed by atoms with Crippen LogP contribution in [0.5, 0.6) is 0 Å². The molecule has 3 nitrogen and oxygen atoms in total. The van der Waals surface area contributed by atoms with Crippen molar-refractivity contribution >= 4 is 11.6 Å². The van der Waals surface area contributed by atoms with Crippen LogP contribution in [0.15, 0.2) is 36.7 Å². The molecule has 118 valence electrons. The van der Waals surface area contributed by atoms with Gasteiger partial charge in [-0.15, -0.1) is 0 Å². The van der Waals surface area contributed by atoms with Gasteiger partial charge in [-0.3, -0.25) is 4.79 Å². The third-order valence-electron chi connectivity index (χ3n) is 3.24. The summed E-state index contributed by atoms with van der Waals surface area (Å²) in [4.78, 5) is 12.4. The van der Waals surface area contributed by atoms with Gasteiger partial charge in [-0.25, -0.2) is 13.2 Å². The van der Waals surface area contributed by atoms with Crippen molar-refractivity contribution in [2.45, 2.75) is 26.3 Å². The average molecular weight is 310 g/mol. The van der Waals surface area contributed by atoms with Gasteiger partial charge in [0.15, 0.2) is 17.5 Å². The van der Waals surface area contributed by atoms with E-state index in [1.807, 2.05) is 13.8 Å². The highest BCUT2D eigenvalue weighted by Gasteiger charge is 2.22. The fourth-order valence-corrected chi connectivity index (χ4v) is 2.22. The largest absolute Gasteiger partial charge is 0.342 e. The number of anilines is 1. The van der Waals surface area contributed by atoms with Gasteiger partial charge >= 0.3 is 0 Å². The van der Waals surface area contributed by atoms with Crippen molar-refractivity contribution < 1.29 is 18.0 Å². The fraction of sp³-hybridized carbons (Fsp3) is 0.312. The molecule has 0 saturated carbocycles. The molecular weight excluding hydrogens is 293 g/mol. The lowest BCUT2D eigenvalue weighted by atomic mass is 10.0. The van der Waals surface area contributed by atoms with Crippen molar-refractivity contribution in [3.8, 4) is 0 Å². The van der Waals surface area contributed by atoms with Crippen LogP contribution >= 0.6 is 0 Å². The predicted molar refractivity (Wildman–Crippen MR) is 77.9 cm³/mol. The quantitative estimate of drug-likeness (QED) is 0.828. The van der Waals surface area contributed by atoms with Gasteiger partial charge in [-0.2, -0.15) is 0 Å². The number of hydrogen-bond acceptors (Lipinski definition) is 1. The maximum absolute atomic E-state index is 13.2. The van der Waals surface area contributed by atoms with Crippen molar-refractivity contribution in [3.05, 3.63) is 54.1 Å². The van der Waals surface area contributed by atoms with Crippen molar-refractivity contribution in [1.82, 2.24) is 4.57 Å². The Bertz CT molecular complexity index is 630. The number of halogens is 3. The Labute approximate surface area is 126 Å². The Hall–Kier alpha value is -2.24. The summed E-state index contributed by atoms with van der Waals surface area (Å²) in [7, 11) is 0. The molecule has 0 aliphatic rings. The molecule has 1 aromatic carbocycles. The van der Waals surface area contributed by atoms with Gasteiger partial charge in [-0.1, -0.05) is 13.8 Å². The second kappa shape index (κ2) is 6.68. The third-order valence-corrected chi connectivity index (χ3v) is 3.24. The summed E-state index contributed by atoms with van der Waals surface area (Å²) < 4.78 is 41.1. The molecule has 0 fully saturated rings. The SMILES string of the molecule is CC(C)C[C@@H](C(=O)Nc1cc(F)c(F)c(F)c1)n1cccc1. The van der Waals surface area contributed by atoms with Gasteiger partial charge in [0.2, 0.25) is 5.91 Å². The molecule has 1 atom stereocenters. The van der Waals surface area contributed by atoms with E-state index in [9.17, 15) is 18.0 Å². The molecule has 22 heavy (non-hydrogen) atoms. The van der Waals surface area contributed by atoms with E-state index in [4.69, 9.17) is 0 Å². The molecule has 2 rings (SSSR count). The maximum atomic E-state index is 13.2. The van der Waals surface area contributed by atoms with Crippen LogP contribution in [0.2, 0.25) is 0 Å². The van der Waals surface area contributed by atoms with E-state index in [2.05, 4.69) is 5.32 Å². The van der Waals surface area contributed by atoms with Crippen LogP contribution in [-0.4, -0.2) is 10.5 Å². The van der Waals surface area contributed by atoms with E-state index >= 15 is 0 Å². The summed E-state index contributed by atoms with van der Waals surface area (Å²) in [5, 5.41) is 2.44. The van der Waals surface area contributed by atoms with Gasteiger partial charge in [-0.05, 0) is 24.5 Å². The molecule has 0 aliphatic heterocycles. The minimum Gasteiger partial charge on any atom is -0.342 e. The molecular formula is C16H17F3N2O. The minimum absolute atomic E-state index is 0.109. The highest BCUT2D eigenvalue weighted by Crippen LogP contribution is 2.22. The number of amides is 1. The molecule has 0 unspecified atom stereocenters. The van der Waals surface area contributed by atoms with E-state index in [0.29, 0.717) is 6.42 Å². The van der Waals surface area contributed by atoms with Crippen LogP contribution < -0.4 is 5.32 Å². The number of nitrogens with zero attached hydrogens (tertiary/aromatic N) is 1. The normalized spacial score (nSPS) is 12.5. The van der Waals surface area contributed by atoms with Gasteiger partial charge in [0.1, 0.15) is 6.04 Å². The number of carbonyl (C=O) groups is 1. The Morgan fingerprint density at radius 3 is 2.18 bits per heavy atom. The molecule has 6 heteroatoms. The lowest BCUT2D eigenvalue weighted by Crippen LogP contribution is -2.26. The van der Waals surface area contributed by atoms with Crippen LogP contribution in [-0.2, 0) is 4.79 Å². The van der Waals surface area contributed by atoms with Crippen molar-refractivity contribution in [2.24, 2.45) is 5.92 Å². The number of carbonyl (C=O) groups excluding carboxylic acids is 1. The third kappa shape index (κ3) is 3.69. The highest BCUT2D eigenvalue weighted by atomic mass is 19.2. The summed E-state index contributed by atoms with van der Waals surface area (Å²) >= 11 is 0. The Morgan fingerprint density at radius 1 is 1.14 bits per heavy atom. The fourth-order valence-electron chi connectivity index (χ4n) is 2.22. The first-order valence-corrected chi connectivity index (χ1v) is 6.96. The summed E-state index contributed by atoms with van der Waals surface area (Å²) in [5.41, 5.74) is -0.109. The maximum Gasteiger partial charge on any atom is 0.247 e. The molecule has 1 amide bonds. The van der Waals surface area contributed by atoms with E-state index < -0.39 is 29.4 Å². The first-order valence-electron chi connectivity index (χ1n) is 6.96. The van der Waals surface area contributed by atoms with E-state index in [-0.39, 0.29) is 11.6 Å². The Balaban J connectivity index is 2.21. The number of nitrogens with one attached hydrogen (secondary N) is 1. The zero-order valence-electron chi connectivity index (χ0n) is 12.3. The van der Waals surface area contributed by atoms with E-state index in [1.54, 1.807) is 29.1 Å². The average Bonchev–Trinajstić information content (AvgIpc) is 2.95. The molecule has 1 heterocycles. The van der Waals surface area contributed by atoms with Crippen LogP contribution in [0, 0.1) is 23.4 Å². The van der Waals surface area contributed by atoms with Gasteiger partial charge in [0.25, 0.3) is 0 Å². The highest BCUT2D eigenvalue weighted by molar-refractivity contribution is 5.93. The summed E-state index contributed by atoms with van der Waals surface area (Å²) in [6, 6.07) is 4.60. The summed E-state index contributed by atoms with van der Waals surface area (Å²) in [6.45, 7) is 3.95. The van der Waals surface area contributed by atoms with Crippen molar-refractivity contribution in [1.29, 1.82) is 0 Å². The molecule has 1 aromatic heterocycles. The molecule has 0 bridgehead atoms. The molecule has 0 radical (unpaired) electrons. The number of hydrogen-bond donors (Lipinski definition) is 1. The number of rotatable bonds is 5. The smallest absolute Gasteiger partial charge is 0.247 e. The lowest BCUT2D eigenvalue weighted by Gasteiger charge is -2.20.